The summed E-state index contributed by atoms with van der Waals surface area (Å²) in [5, 5.41) is 0.298. The minimum atomic E-state index is -3.74. The third-order valence-electron chi connectivity index (χ3n) is 3.77. The van der Waals surface area contributed by atoms with Crippen LogP contribution in [0.15, 0.2) is 41.4 Å². The van der Waals surface area contributed by atoms with E-state index in [1.165, 1.54) is 16.4 Å². The van der Waals surface area contributed by atoms with Gasteiger partial charge in [-0.25, -0.2) is 8.42 Å². The molecule has 2 heterocycles. The van der Waals surface area contributed by atoms with E-state index in [0.29, 0.717) is 13.1 Å². The summed E-state index contributed by atoms with van der Waals surface area (Å²) in [5.74, 6) is 0. The van der Waals surface area contributed by atoms with Crippen molar-refractivity contribution in [1.29, 1.82) is 0 Å². The molecule has 1 aliphatic rings. The van der Waals surface area contributed by atoms with Gasteiger partial charge < -0.3 is 4.57 Å². The molecule has 0 spiro atoms. The van der Waals surface area contributed by atoms with Crippen molar-refractivity contribution in [2.24, 2.45) is 0 Å². The van der Waals surface area contributed by atoms with Gasteiger partial charge in [-0.1, -0.05) is 29.3 Å². The summed E-state index contributed by atoms with van der Waals surface area (Å²) >= 11 is 12.1. The van der Waals surface area contributed by atoms with E-state index in [-0.39, 0.29) is 21.0 Å². The number of nitrogens with zero attached hydrogens (tertiary/aromatic N) is 2. The number of sulfonamides is 1. The zero-order valence-electron chi connectivity index (χ0n) is 11.3. The standard InChI is InChI=1S/C14H14Cl2N2O2S/c1-10-13-6-3-7-17(13)8-9-18(10)21(19,20)14-11(15)4-2-5-12(14)16/h2-7,10H,8-9H2,1H3/t10-/m1/s1. The van der Waals surface area contributed by atoms with Crippen molar-refractivity contribution in [3.8, 4) is 0 Å². The lowest BCUT2D eigenvalue weighted by Gasteiger charge is -2.34. The second-order valence-corrected chi connectivity index (χ2v) is 7.61. The Labute approximate surface area is 133 Å². The average molecular weight is 345 g/mol. The van der Waals surface area contributed by atoms with Crippen molar-refractivity contribution in [3.63, 3.8) is 0 Å². The molecule has 4 nitrogen and oxygen atoms in total. The van der Waals surface area contributed by atoms with Gasteiger partial charge in [0.05, 0.1) is 16.1 Å². The van der Waals surface area contributed by atoms with Gasteiger partial charge in [-0.05, 0) is 31.2 Å². The van der Waals surface area contributed by atoms with Crippen LogP contribution < -0.4 is 0 Å². The van der Waals surface area contributed by atoms with Crippen LogP contribution in [0, 0.1) is 0 Å². The smallest absolute Gasteiger partial charge is 0.246 e. The Hall–Kier alpha value is -1.01. The van der Waals surface area contributed by atoms with E-state index >= 15 is 0 Å². The first-order valence-corrected chi connectivity index (χ1v) is 8.73. The van der Waals surface area contributed by atoms with Gasteiger partial charge in [-0.15, -0.1) is 0 Å². The lowest BCUT2D eigenvalue weighted by molar-refractivity contribution is 0.282. The molecule has 0 unspecified atom stereocenters. The highest BCUT2D eigenvalue weighted by atomic mass is 35.5. The number of benzene rings is 1. The van der Waals surface area contributed by atoms with Crippen LogP contribution in [0.25, 0.3) is 0 Å². The molecule has 0 amide bonds. The molecular formula is C14H14Cl2N2O2S. The minimum Gasteiger partial charge on any atom is -0.349 e. The van der Waals surface area contributed by atoms with Crippen LogP contribution in [0.2, 0.25) is 10.0 Å². The van der Waals surface area contributed by atoms with E-state index in [4.69, 9.17) is 23.2 Å². The van der Waals surface area contributed by atoms with Crippen LogP contribution in [0.4, 0.5) is 0 Å². The molecule has 1 aromatic heterocycles. The highest BCUT2D eigenvalue weighted by Crippen LogP contribution is 2.36. The quantitative estimate of drug-likeness (QED) is 0.835. The summed E-state index contributed by atoms with van der Waals surface area (Å²) < 4.78 is 29.4. The molecule has 0 fully saturated rings. The van der Waals surface area contributed by atoms with Crippen LogP contribution in [-0.4, -0.2) is 23.8 Å². The Morgan fingerprint density at radius 2 is 1.76 bits per heavy atom. The van der Waals surface area contributed by atoms with Crippen LogP contribution >= 0.6 is 23.2 Å². The molecule has 0 radical (unpaired) electrons. The molecule has 3 rings (SSSR count). The van der Waals surface area contributed by atoms with Crippen molar-refractivity contribution in [2.45, 2.75) is 24.4 Å². The van der Waals surface area contributed by atoms with E-state index in [1.807, 2.05) is 25.3 Å². The molecule has 2 aromatic rings. The summed E-state index contributed by atoms with van der Waals surface area (Å²) in [5.41, 5.74) is 0.966. The summed E-state index contributed by atoms with van der Waals surface area (Å²) in [7, 11) is -3.74. The van der Waals surface area contributed by atoms with Gasteiger partial charge in [-0.3, -0.25) is 0 Å². The first-order valence-electron chi connectivity index (χ1n) is 6.54. The zero-order valence-corrected chi connectivity index (χ0v) is 13.7. The van der Waals surface area contributed by atoms with E-state index < -0.39 is 10.0 Å². The second kappa shape index (κ2) is 5.32. The monoisotopic (exact) mass is 344 g/mol. The predicted octanol–water partition coefficient (Wildman–Crippen LogP) is 3.56. The molecule has 0 N–H and O–H groups in total. The van der Waals surface area contributed by atoms with E-state index in [1.54, 1.807) is 6.07 Å². The molecule has 0 bridgehead atoms. The van der Waals surface area contributed by atoms with Gasteiger partial charge >= 0.3 is 0 Å². The van der Waals surface area contributed by atoms with E-state index in [2.05, 4.69) is 4.57 Å². The van der Waals surface area contributed by atoms with Crippen molar-refractivity contribution < 1.29 is 8.42 Å². The number of aromatic nitrogens is 1. The molecule has 1 atom stereocenters. The SMILES string of the molecule is C[C@@H]1c2cccn2CCN1S(=O)(=O)c1c(Cl)cccc1Cl. The Balaban J connectivity index is 2.08. The summed E-state index contributed by atoms with van der Waals surface area (Å²) in [6, 6.07) is 8.31. The first kappa shape index (κ1) is 14.9. The molecule has 0 saturated carbocycles. The fourth-order valence-electron chi connectivity index (χ4n) is 2.73. The van der Waals surface area contributed by atoms with Crippen molar-refractivity contribution in [2.75, 3.05) is 6.54 Å². The number of halogens is 2. The highest BCUT2D eigenvalue weighted by molar-refractivity contribution is 7.89. The van der Waals surface area contributed by atoms with Gasteiger partial charge in [0.15, 0.2) is 0 Å². The topological polar surface area (TPSA) is 42.3 Å². The van der Waals surface area contributed by atoms with Gasteiger partial charge in [0.25, 0.3) is 0 Å². The third-order valence-corrected chi connectivity index (χ3v) is 6.70. The zero-order chi connectivity index (χ0) is 15.2. The summed E-state index contributed by atoms with van der Waals surface area (Å²) in [4.78, 5) is -0.0137. The maximum atomic E-state index is 12.9. The van der Waals surface area contributed by atoms with Crippen LogP contribution in [0.1, 0.15) is 18.7 Å². The summed E-state index contributed by atoms with van der Waals surface area (Å²) in [6.07, 6.45) is 1.96. The van der Waals surface area contributed by atoms with Crippen molar-refractivity contribution in [3.05, 3.63) is 52.3 Å². The maximum Gasteiger partial charge on any atom is 0.246 e. The Morgan fingerprint density at radius 3 is 2.43 bits per heavy atom. The van der Waals surface area contributed by atoms with E-state index in [0.717, 1.165) is 5.69 Å². The van der Waals surface area contributed by atoms with Crippen LogP contribution in [0.5, 0.6) is 0 Å². The molecule has 1 aliphatic heterocycles. The van der Waals surface area contributed by atoms with E-state index in [9.17, 15) is 8.42 Å². The number of rotatable bonds is 2. The molecule has 21 heavy (non-hydrogen) atoms. The molecule has 0 saturated heterocycles. The highest BCUT2D eigenvalue weighted by Gasteiger charge is 2.36. The Bertz CT molecular complexity index is 766. The largest absolute Gasteiger partial charge is 0.349 e. The molecule has 0 aliphatic carbocycles. The number of fused-ring (bicyclic) bond motifs is 1. The molecule has 7 heteroatoms. The summed E-state index contributed by atoms with van der Waals surface area (Å²) in [6.45, 7) is 2.88. The predicted molar refractivity (Wildman–Crippen MR) is 83.2 cm³/mol. The Morgan fingerprint density at radius 1 is 1.10 bits per heavy atom. The number of hydrogen-bond donors (Lipinski definition) is 0. The third kappa shape index (κ3) is 2.38. The van der Waals surface area contributed by atoms with Crippen molar-refractivity contribution >= 4 is 33.2 Å². The number of hydrogen-bond acceptors (Lipinski definition) is 2. The average Bonchev–Trinajstić information content (AvgIpc) is 2.87. The normalized spacial score (nSPS) is 19.5. The van der Waals surface area contributed by atoms with Gasteiger partial charge in [0, 0.05) is 25.0 Å². The molecule has 1 aromatic carbocycles. The lowest BCUT2D eigenvalue weighted by atomic mass is 10.2. The van der Waals surface area contributed by atoms with Gasteiger partial charge in [-0.2, -0.15) is 4.31 Å². The molecular weight excluding hydrogens is 331 g/mol. The molecule has 112 valence electrons. The fourth-order valence-corrected chi connectivity index (χ4v) is 5.42. The van der Waals surface area contributed by atoms with Gasteiger partial charge in [0.2, 0.25) is 10.0 Å². The minimum absolute atomic E-state index is 0.0137. The first-order chi connectivity index (χ1) is 9.93. The fraction of sp³-hybridized carbons (Fsp3) is 0.286. The van der Waals surface area contributed by atoms with Crippen LogP contribution in [-0.2, 0) is 16.6 Å². The Kier molecular flexibility index (Phi) is 3.78. The maximum absolute atomic E-state index is 12.9. The van der Waals surface area contributed by atoms with Gasteiger partial charge in [0.1, 0.15) is 4.90 Å². The van der Waals surface area contributed by atoms with Crippen molar-refractivity contribution in [1.82, 2.24) is 8.87 Å². The second-order valence-electron chi connectivity index (χ2n) is 4.97. The van der Waals surface area contributed by atoms with Crippen LogP contribution in [0.3, 0.4) is 0 Å². The lowest BCUT2D eigenvalue weighted by Crippen LogP contribution is -2.40.